The summed E-state index contributed by atoms with van der Waals surface area (Å²) in [6, 6.07) is 0. The maximum atomic E-state index is 10.8. The van der Waals surface area contributed by atoms with Crippen LogP contribution in [-0.4, -0.2) is 22.1 Å². The molecule has 1 aromatic heterocycles. The van der Waals surface area contributed by atoms with Crippen LogP contribution in [0.3, 0.4) is 0 Å². The van der Waals surface area contributed by atoms with Crippen LogP contribution in [0, 0.1) is 0 Å². The number of imidazole rings is 1. The van der Waals surface area contributed by atoms with Gasteiger partial charge in [-0.05, 0) is 6.92 Å². The van der Waals surface area contributed by atoms with Gasteiger partial charge in [0.15, 0.2) is 0 Å². The van der Waals surface area contributed by atoms with Gasteiger partial charge in [0.2, 0.25) is 0 Å². The van der Waals surface area contributed by atoms with Crippen LogP contribution in [0.1, 0.15) is 6.92 Å². The molecule has 0 atom stereocenters. The molecule has 0 saturated heterocycles. The number of hydrogen-bond donors (Lipinski definition) is 0. The molecule has 1 rings (SSSR count). The van der Waals surface area contributed by atoms with Gasteiger partial charge in [0.05, 0.1) is 12.9 Å². The van der Waals surface area contributed by atoms with E-state index in [0.717, 1.165) is 0 Å². The Morgan fingerprint density at radius 1 is 1.69 bits per heavy atom. The SMILES string of the molecule is CC=CC(=O)OCCn1ccnc1. The van der Waals surface area contributed by atoms with Crippen molar-refractivity contribution in [2.75, 3.05) is 6.61 Å². The smallest absolute Gasteiger partial charge is 0.330 e. The summed E-state index contributed by atoms with van der Waals surface area (Å²) in [5, 5.41) is 0. The van der Waals surface area contributed by atoms with Crippen LogP contribution in [0.4, 0.5) is 0 Å². The second-order valence-corrected chi connectivity index (χ2v) is 2.47. The normalized spacial score (nSPS) is 10.5. The van der Waals surface area contributed by atoms with Gasteiger partial charge in [-0.3, -0.25) is 0 Å². The monoisotopic (exact) mass is 180 g/mol. The van der Waals surface area contributed by atoms with E-state index < -0.39 is 0 Å². The van der Waals surface area contributed by atoms with Gasteiger partial charge in [-0.15, -0.1) is 0 Å². The third-order valence-electron chi connectivity index (χ3n) is 1.46. The number of nitrogens with zero attached hydrogens (tertiary/aromatic N) is 2. The molecule has 0 aliphatic rings. The zero-order valence-corrected chi connectivity index (χ0v) is 7.51. The van der Waals surface area contributed by atoms with E-state index in [-0.39, 0.29) is 5.97 Å². The molecule has 0 fully saturated rings. The fraction of sp³-hybridized carbons (Fsp3) is 0.333. The first-order valence-corrected chi connectivity index (χ1v) is 4.08. The molecule has 0 spiro atoms. The fourth-order valence-corrected chi connectivity index (χ4v) is 0.855. The van der Waals surface area contributed by atoms with Crippen LogP contribution in [0.5, 0.6) is 0 Å². The Balaban J connectivity index is 2.18. The number of ether oxygens (including phenoxy) is 1. The Morgan fingerprint density at radius 2 is 2.54 bits per heavy atom. The van der Waals surface area contributed by atoms with E-state index >= 15 is 0 Å². The molecule has 0 amide bonds. The van der Waals surface area contributed by atoms with Crippen LogP contribution < -0.4 is 0 Å². The Bertz CT molecular complexity index is 278. The first-order chi connectivity index (χ1) is 6.33. The molecule has 4 nitrogen and oxygen atoms in total. The summed E-state index contributed by atoms with van der Waals surface area (Å²) in [7, 11) is 0. The van der Waals surface area contributed by atoms with Crippen molar-refractivity contribution in [3.8, 4) is 0 Å². The molecule has 0 saturated carbocycles. The van der Waals surface area contributed by atoms with E-state index in [1.807, 2.05) is 10.8 Å². The maximum Gasteiger partial charge on any atom is 0.330 e. The van der Waals surface area contributed by atoms with E-state index in [1.165, 1.54) is 6.08 Å². The maximum absolute atomic E-state index is 10.8. The van der Waals surface area contributed by atoms with Crippen LogP contribution in [-0.2, 0) is 16.1 Å². The second-order valence-electron chi connectivity index (χ2n) is 2.47. The molecular formula is C9H12N2O2. The van der Waals surface area contributed by atoms with Gasteiger partial charge in [0, 0.05) is 18.5 Å². The van der Waals surface area contributed by atoms with Crippen molar-refractivity contribution in [3.63, 3.8) is 0 Å². The summed E-state index contributed by atoms with van der Waals surface area (Å²) in [6.45, 7) is 2.79. The Morgan fingerprint density at radius 3 is 3.15 bits per heavy atom. The lowest BCUT2D eigenvalue weighted by Gasteiger charge is -2.01. The van der Waals surface area contributed by atoms with Gasteiger partial charge >= 0.3 is 5.97 Å². The molecule has 0 aliphatic heterocycles. The summed E-state index contributed by atoms with van der Waals surface area (Å²) in [5.41, 5.74) is 0. The third kappa shape index (κ3) is 3.55. The highest BCUT2D eigenvalue weighted by Crippen LogP contribution is 1.88. The lowest BCUT2D eigenvalue weighted by Crippen LogP contribution is -2.08. The first kappa shape index (κ1) is 9.51. The van der Waals surface area contributed by atoms with Crippen molar-refractivity contribution in [1.29, 1.82) is 0 Å². The topological polar surface area (TPSA) is 44.1 Å². The van der Waals surface area contributed by atoms with Crippen molar-refractivity contribution in [3.05, 3.63) is 30.9 Å². The van der Waals surface area contributed by atoms with Gasteiger partial charge < -0.3 is 9.30 Å². The number of aromatic nitrogens is 2. The van der Waals surface area contributed by atoms with Crippen molar-refractivity contribution in [1.82, 2.24) is 9.55 Å². The summed E-state index contributed by atoms with van der Waals surface area (Å²) < 4.78 is 6.73. The van der Waals surface area contributed by atoms with Gasteiger partial charge in [0.1, 0.15) is 6.61 Å². The lowest BCUT2D eigenvalue weighted by atomic mass is 10.5. The highest BCUT2D eigenvalue weighted by molar-refractivity contribution is 5.81. The largest absolute Gasteiger partial charge is 0.461 e. The first-order valence-electron chi connectivity index (χ1n) is 4.08. The highest BCUT2D eigenvalue weighted by atomic mass is 16.5. The number of hydrogen-bond acceptors (Lipinski definition) is 3. The summed E-state index contributed by atoms with van der Waals surface area (Å²) in [5.74, 6) is -0.303. The number of esters is 1. The summed E-state index contributed by atoms with van der Waals surface area (Å²) >= 11 is 0. The second kappa shape index (κ2) is 5.13. The van der Waals surface area contributed by atoms with E-state index in [9.17, 15) is 4.79 Å². The van der Waals surface area contributed by atoms with Crippen molar-refractivity contribution in [2.24, 2.45) is 0 Å². The fourth-order valence-electron chi connectivity index (χ4n) is 0.855. The number of carbonyl (C=O) groups excluding carboxylic acids is 1. The summed E-state index contributed by atoms with van der Waals surface area (Å²) in [6.07, 6.45) is 8.24. The van der Waals surface area contributed by atoms with Gasteiger partial charge in [0.25, 0.3) is 0 Å². The highest BCUT2D eigenvalue weighted by Gasteiger charge is 1.95. The minimum atomic E-state index is -0.303. The molecule has 1 aromatic rings. The standard InChI is InChI=1S/C9H12N2O2/c1-2-3-9(12)13-7-6-11-5-4-10-8-11/h2-5,8H,6-7H2,1H3. The molecule has 0 aliphatic carbocycles. The molecular weight excluding hydrogens is 168 g/mol. The van der Waals surface area contributed by atoms with Crippen molar-refractivity contribution >= 4 is 5.97 Å². The molecule has 0 aromatic carbocycles. The Kier molecular flexibility index (Phi) is 3.75. The van der Waals surface area contributed by atoms with Crippen LogP contribution in [0.25, 0.3) is 0 Å². The minimum absolute atomic E-state index is 0.303. The number of rotatable bonds is 4. The average molecular weight is 180 g/mol. The zero-order valence-electron chi connectivity index (χ0n) is 7.51. The number of allylic oxidation sites excluding steroid dienone is 1. The van der Waals surface area contributed by atoms with Crippen molar-refractivity contribution < 1.29 is 9.53 Å². The third-order valence-corrected chi connectivity index (χ3v) is 1.46. The minimum Gasteiger partial charge on any atom is -0.461 e. The van der Waals surface area contributed by atoms with Crippen LogP contribution in [0.2, 0.25) is 0 Å². The molecule has 13 heavy (non-hydrogen) atoms. The van der Waals surface area contributed by atoms with E-state index in [2.05, 4.69) is 4.98 Å². The molecule has 1 heterocycles. The van der Waals surface area contributed by atoms with Gasteiger partial charge in [-0.1, -0.05) is 6.08 Å². The van der Waals surface area contributed by atoms with Crippen molar-refractivity contribution in [2.45, 2.75) is 13.5 Å². The average Bonchev–Trinajstić information content (AvgIpc) is 2.57. The van der Waals surface area contributed by atoms with Gasteiger partial charge in [-0.25, -0.2) is 9.78 Å². The van der Waals surface area contributed by atoms with Gasteiger partial charge in [-0.2, -0.15) is 0 Å². The Labute approximate surface area is 76.8 Å². The zero-order chi connectivity index (χ0) is 9.52. The molecule has 0 bridgehead atoms. The molecule has 0 N–H and O–H groups in total. The molecule has 4 heteroatoms. The predicted octanol–water partition coefficient (Wildman–Crippen LogP) is 1.00. The van der Waals surface area contributed by atoms with Crippen LogP contribution >= 0.6 is 0 Å². The molecule has 0 radical (unpaired) electrons. The number of carbonyl (C=O) groups is 1. The quantitative estimate of drug-likeness (QED) is 0.513. The Hall–Kier alpha value is -1.58. The van der Waals surface area contributed by atoms with E-state index in [1.54, 1.807) is 25.5 Å². The predicted molar refractivity (Wildman–Crippen MR) is 48.0 cm³/mol. The summed E-state index contributed by atoms with van der Waals surface area (Å²) in [4.78, 5) is 14.7. The lowest BCUT2D eigenvalue weighted by molar-refractivity contribution is -0.138. The van der Waals surface area contributed by atoms with Crippen LogP contribution in [0.15, 0.2) is 30.9 Å². The van der Waals surface area contributed by atoms with E-state index in [0.29, 0.717) is 13.2 Å². The van der Waals surface area contributed by atoms with E-state index in [4.69, 9.17) is 4.74 Å². The molecule has 0 unspecified atom stereocenters. The molecule has 70 valence electrons.